The van der Waals surface area contributed by atoms with E-state index in [-0.39, 0.29) is 5.56 Å². The Labute approximate surface area is 108 Å². The molecular formula is C14H20ClNO. The van der Waals surface area contributed by atoms with Gasteiger partial charge in [0.1, 0.15) is 0 Å². The molecule has 0 fully saturated rings. The SMILES string of the molecule is CC(C)Cn1c2c(cc(CCl)c1=O)CCCC2. The molecule has 0 spiro atoms. The third-order valence-corrected chi connectivity index (χ3v) is 3.65. The number of aryl methyl sites for hydroxylation is 1. The van der Waals surface area contributed by atoms with Gasteiger partial charge in [0.05, 0.1) is 5.88 Å². The maximum absolute atomic E-state index is 12.3. The van der Waals surface area contributed by atoms with Gasteiger partial charge in [0, 0.05) is 17.8 Å². The number of hydrogen-bond acceptors (Lipinski definition) is 1. The van der Waals surface area contributed by atoms with Crippen LogP contribution in [0.4, 0.5) is 0 Å². The lowest BCUT2D eigenvalue weighted by Gasteiger charge is -2.23. The fourth-order valence-corrected chi connectivity index (χ4v) is 2.79. The van der Waals surface area contributed by atoms with Gasteiger partial charge in [-0.15, -0.1) is 11.6 Å². The third-order valence-electron chi connectivity index (χ3n) is 3.37. The van der Waals surface area contributed by atoms with Crippen molar-refractivity contribution in [2.24, 2.45) is 5.92 Å². The van der Waals surface area contributed by atoms with E-state index in [1.54, 1.807) is 0 Å². The van der Waals surface area contributed by atoms with Crippen LogP contribution in [0.3, 0.4) is 0 Å². The first-order valence-corrected chi connectivity index (χ1v) is 6.97. The summed E-state index contributed by atoms with van der Waals surface area (Å²) in [5.41, 5.74) is 3.47. The molecule has 2 nitrogen and oxygen atoms in total. The molecule has 1 aromatic rings. The molecule has 3 heteroatoms. The van der Waals surface area contributed by atoms with Gasteiger partial charge in [0.2, 0.25) is 0 Å². The fourth-order valence-electron chi connectivity index (χ4n) is 2.60. The number of fused-ring (bicyclic) bond motifs is 1. The molecule has 0 aromatic carbocycles. The zero-order chi connectivity index (χ0) is 12.4. The third kappa shape index (κ3) is 2.57. The number of nitrogens with zero attached hydrogens (tertiary/aromatic N) is 1. The Balaban J connectivity index is 2.55. The van der Waals surface area contributed by atoms with Crippen LogP contribution in [0.2, 0.25) is 0 Å². The summed E-state index contributed by atoms with van der Waals surface area (Å²) in [6.07, 6.45) is 4.57. The molecule has 1 aromatic heterocycles. The van der Waals surface area contributed by atoms with Crippen LogP contribution < -0.4 is 5.56 Å². The van der Waals surface area contributed by atoms with Crippen LogP contribution in [0.5, 0.6) is 0 Å². The van der Waals surface area contributed by atoms with E-state index >= 15 is 0 Å². The second kappa shape index (κ2) is 5.26. The van der Waals surface area contributed by atoms with E-state index in [1.165, 1.54) is 24.1 Å². The average Bonchev–Trinajstić information content (AvgIpc) is 2.32. The van der Waals surface area contributed by atoms with Crippen LogP contribution in [-0.2, 0) is 25.3 Å². The van der Waals surface area contributed by atoms with Crippen molar-refractivity contribution in [2.45, 2.75) is 52.0 Å². The summed E-state index contributed by atoms with van der Waals surface area (Å²) in [6.45, 7) is 5.11. The van der Waals surface area contributed by atoms with E-state index in [9.17, 15) is 4.79 Å². The molecule has 17 heavy (non-hydrogen) atoms. The summed E-state index contributed by atoms with van der Waals surface area (Å²) in [5.74, 6) is 0.814. The molecule has 0 atom stereocenters. The zero-order valence-corrected chi connectivity index (χ0v) is 11.4. The van der Waals surface area contributed by atoms with E-state index in [0.29, 0.717) is 11.8 Å². The normalized spacial score (nSPS) is 15.1. The molecule has 0 unspecified atom stereocenters. The number of aromatic nitrogens is 1. The highest BCUT2D eigenvalue weighted by Gasteiger charge is 2.17. The van der Waals surface area contributed by atoms with Gasteiger partial charge in [0.15, 0.2) is 0 Å². The quantitative estimate of drug-likeness (QED) is 0.759. The Morgan fingerprint density at radius 1 is 1.35 bits per heavy atom. The summed E-state index contributed by atoms with van der Waals surface area (Å²) < 4.78 is 1.97. The molecule has 0 saturated heterocycles. The van der Waals surface area contributed by atoms with Crippen molar-refractivity contribution in [1.82, 2.24) is 4.57 Å². The van der Waals surface area contributed by atoms with Crippen molar-refractivity contribution in [1.29, 1.82) is 0 Å². The second-order valence-corrected chi connectivity index (χ2v) is 5.56. The number of pyridine rings is 1. The van der Waals surface area contributed by atoms with Gasteiger partial charge in [-0.05, 0) is 43.2 Å². The predicted molar refractivity (Wildman–Crippen MR) is 71.7 cm³/mol. The molecule has 0 bridgehead atoms. The predicted octanol–water partition coefficient (Wildman–Crippen LogP) is 3.12. The monoisotopic (exact) mass is 253 g/mol. The van der Waals surface area contributed by atoms with Crippen LogP contribution >= 0.6 is 11.6 Å². The number of alkyl halides is 1. The first kappa shape index (κ1) is 12.7. The summed E-state index contributed by atoms with van der Waals surface area (Å²) in [4.78, 5) is 12.3. The summed E-state index contributed by atoms with van der Waals surface area (Å²) >= 11 is 5.87. The van der Waals surface area contributed by atoms with Gasteiger partial charge in [-0.3, -0.25) is 4.79 Å². The van der Waals surface area contributed by atoms with Gasteiger partial charge >= 0.3 is 0 Å². The Morgan fingerprint density at radius 3 is 2.71 bits per heavy atom. The van der Waals surface area contributed by atoms with Crippen LogP contribution in [-0.4, -0.2) is 4.57 Å². The van der Waals surface area contributed by atoms with Crippen LogP contribution in [0, 0.1) is 5.92 Å². The Bertz CT molecular complexity index is 462. The number of halogens is 1. The summed E-state index contributed by atoms with van der Waals surface area (Å²) in [6, 6.07) is 2.03. The molecule has 0 aliphatic heterocycles. The van der Waals surface area contributed by atoms with Crippen molar-refractivity contribution in [3.05, 3.63) is 33.2 Å². The van der Waals surface area contributed by atoms with E-state index in [0.717, 1.165) is 24.9 Å². The summed E-state index contributed by atoms with van der Waals surface area (Å²) in [5, 5.41) is 0. The van der Waals surface area contributed by atoms with E-state index < -0.39 is 0 Å². The zero-order valence-electron chi connectivity index (χ0n) is 10.6. The molecule has 1 aliphatic rings. The van der Waals surface area contributed by atoms with Gasteiger partial charge < -0.3 is 4.57 Å². The molecular weight excluding hydrogens is 234 g/mol. The van der Waals surface area contributed by atoms with Crippen molar-refractivity contribution in [2.75, 3.05) is 0 Å². The molecule has 94 valence electrons. The van der Waals surface area contributed by atoms with Crippen molar-refractivity contribution in [3.63, 3.8) is 0 Å². The Hall–Kier alpha value is -0.760. The second-order valence-electron chi connectivity index (χ2n) is 5.29. The van der Waals surface area contributed by atoms with Gasteiger partial charge in [-0.1, -0.05) is 13.8 Å². The summed E-state index contributed by atoms with van der Waals surface area (Å²) in [7, 11) is 0. The van der Waals surface area contributed by atoms with Crippen LogP contribution in [0.1, 0.15) is 43.5 Å². The molecule has 1 aliphatic carbocycles. The molecule has 0 saturated carbocycles. The maximum Gasteiger partial charge on any atom is 0.255 e. The molecule has 1 heterocycles. The van der Waals surface area contributed by atoms with Gasteiger partial charge in [-0.2, -0.15) is 0 Å². The van der Waals surface area contributed by atoms with E-state index in [4.69, 9.17) is 11.6 Å². The largest absolute Gasteiger partial charge is 0.312 e. The minimum Gasteiger partial charge on any atom is -0.312 e. The molecule has 0 radical (unpaired) electrons. The fraction of sp³-hybridized carbons (Fsp3) is 0.643. The van der Waals surface area contributed by atoms with Gasteiger partial charge in [0.25, 0.3) is 5.56 Å². The van der Waals surface area contributed by atoms with Crippen molar-refractivity contribution < 1.29 is 0 Å². The first-order valence-electron chi connectivity index (χ1n) is 6.44. The van der Waals surface area contributed by atoms with Crippen LogP contribution in [0.15, 0.2) is 10.9 Å². The molecule has 2 rings (SSSR count). The highest BCUT2D eigenvalue weighted by atomic mass is 35.5. The molecule has 0 amide bonds. The maximum atomic E-state index is 12.3. The van der Waals surface area contributed by atoms with Gasteiger partial charge in [-0.25, -0.2) is 0 Å². The lowest BCUT2D eigenvalue weighted by atomic mass is 9.94. The van der Waals surface area contributed by atoms with Crippen LogP contribution in [0.25, 0.3) is 0 Å². The van der Waals surface area contributed by atoms with Crippen molar-refractivity contribution in [3.8, 4) is 0 Å². The topological polar surface area (TPSA) is 22.0 Å². The number of hydrogen-bond donors (Lipinski definition) is 0. The minimum absolute atomic E-state index is 0.120. The van der Waals surface area contributed by atoms with Crippen molar-refractivity contribution >= 4 is 11.6 Å². The highest BCUT2D eigenvalue weighted by molar-refractivity contribution is 6.17. The minimum atomic E-state index is 0.120. The first-order chi connectivity index (χ1) is 8.13. The smallest absolute Gasteiger partial charge is 0.255 e. The average molecular weight is 254 g/mol. The Kier molecular flexibility index (Phi) is 3.93. The lowest BCUT2D eigenvalue weighted by molar-refractivity contribution is 0.478. The Morgan fingerprint density at radius 2 is 2.06 bits per heavy atom. The number of rotatable bonds is 3. The highest BCUT2D eigenvalue weighted by Crippen LogP contribution is 2.21. The van der Waals surface area contributed by atoms with E-state index in [1.807, 2.05) is 10.6 Å². The van der Waals surface area contributed by atoms with E-state index in [2.05, 4.69) is 13.8 Å². The standard InChI is InChI=1S/C14H20ClNO/c1-10(2)9-16-13-6-4-3-5-11(13)7-12(8-15)14(16)17/h7,10H,3-6,8-9H2,1-2H3. The molecule has 0 N–H and O–H groups in total. The lowest BCUT2D eigenvalue weighted by Crippen LogP contribution is -2.30.